The predicted molar refractivity (Wildman–Crippen MR) is 131 cm³/mol. The number of halogens is 1. The van der Waals surface area contributed by atoms with E-state index < -0.39 is 10.0 Å². The topological polar surface area (TPSA) is 90.2 Å². The lowest BCUT2D eigenvalue weighted by Crippen LogP contribution is -2.42. The summed E-state index contributed by atoms with van der Waals surface area (Å²) in [5.74, 6) is 1.62. The van der Waals surface area contributed by atoms with Crippen molar-refractivity contribution >= 4 is 51.3 Å². The quantitative estimate of drug-likeness (QED) is 0.290. The number of sulfonamides is 1. The molecular weight excluding hydrogens is 537 g/mol. The van der Waals surface area contributed by atoms with Crippen molar-refractivity contribution in [3.8, 4) is 0 Å². The average molecular weight is 568 g/mol. The Hall–Kier alpha value is -1.15. The standard InChI is InChI=1S/C19H29N5O3S2.HI/c1-20-19(21-13-15-8-9-18(28-15)29(25,26)23(2)3)22-14-16(17-7-6-12-27-17)24-10-4-5-11-24;/h6-9,12,16H,4-5,10-11,13-14H2,1-3H3,(H2,20,21,22);1H. The molecule has 1 aliphatic rings. The molecule has 0 spiro atoms. The van der Waals surface area contributed by atoms with Crippen LogP contribution >= 0.6 is 35.3 Å². The number of aliphatic imine (C=N–C) groups is 1. The summed E-state index contributed by atoms with van der Waals surface area (Å²) < 4.78 is 31.7. The number of hydrogen-bond acceptors (Lipinski definition) is 6. The van der Waals surface area contributed by atoms with Gasteiger partial charge in [0.1, 0.15) is 9.97 Å². The maximum absolute atomic E-state index is 12.2. The van der Waals surface area contributed by atoms with Crippen LogP contribution in [0.4, 0.5) is 0 Å². The molecule has 3 rings (SSSR count). The number of thiophene rings is 1. The third-order valence-electron chi connectivity index (χ3n) is 4.94. The summed E-state index contributed by atoms with van der Waals surface area (Å²) in [5.41, 5.74) is 0. The maximum Gasteiger partial charge on any atom is 0.252 e. The zero-order chi connectivity index (χ0) is 20.9. The number of rotatable bonds is 8. The largest absolute Gasteiger partial charge is 0.468 e. The van der Waals surface area contributed by atoms with Gasteiger partial charge in [0.05, 0.1) is 18.8 Å². The van der Waals surface area contributed by atoms with E-state index in [9.17, 15) is 8.42 Å². The van der Waals surface area contributed by atoms with Crippen molar-refractivity contribution in [2.45, 2.75) is 29.6 Å². The molecule has 1 aliphatic heterocycles. The van der Waals surface area contributed by atoms with Crippen molar-refractivity contribution in [2.75, 3.05) is 40.8 Å². The van der Waals surface area contributed by atoms with Gasteiger partial charge in [-0.15, -0.1) is 35.3 Å². The predicted octanol–water partition coefficient (Wildman–Crippen LogP) is 2.71. The minimum Gasteiger partial charge on any atom is -0.468 e. The number of nitrogens with one attached hydrogen (secondary N) is 2. The Balaban J connectivity index is 0.00000320. The van der Waals surface area contributed by atoms with Crippen LogP contribution in [0.2, 0.25) is 0 Å². The van der Waals surface area contributed by atoms with Gasteiger partial charge >= 0.3 is 0 Å². The Morgan fingerprint density at radius 3 is 2.60 bits per heavy atom. The molecule has 0 saturated carbocycles. The van der Waals surface area contributed by atoms with Gasteiger partial charge in [-0.3, -0.25) is 9.89 Å². The molecule has 11 heteroatoms. The molecule has 1 atom stereocenters. The van der Waals surface area contributed by atoms with Gasteiger partial charge in [-0.1, -0.05) is 0 Å². The van der Waals surface area contributed by atoms with Crippen molar-refractivity contribution < 1.29 is 12.8 Å². The first-order valence-electron chi connectivity index (χ1n) is 9.65. The fourth-order valence-electron chi connectivity index (χ4n) is 3.30. The normalized spacial score (nSPS) is 16.5. The molecule has 3 heterocycles. The second-order valence-electron chi connectivity index (χ2n) is 7.09. The molecule has 168 valence electrons. The highest BCUT2D eigenvalue weighted by molar-refractivity contribution is 14.0. The van der Waals surface area contributed by atoms with E-state index in [-0.39, 0.29) is 30.0 Å². The molecule has 1 unspecified atom stereocenters. The lowest BCUT2D eigenvalue weighted by Gasteiger charge is -2.26. The van der Waals surface area contributed by atoms with Crippen molar-refractivity contribution in [3.63, 3.8) is 0 Å². The SMILES string of the molecule is CN=C(NCc1ccc(S(=O)(=O)N(C)C)s1)NCC(c1ccco1)N1CCCC1.I. The van der Waals surface area contributed by atoms with Gasteiger partial charge in [0.25, 0.3) is 10.0 Å². The summed E-state index contributed by atoms with van der Waals surface area (Å²) in [6.07, 6.45) is 4.13. The minimum absolute atomic E-state index is 0. The Kier molecular flexibility index (Phi) is 9.60. The third-order valence-corrected chi connectivity index (χ3v) is 8.31. The van der Waals surface area contributed by atoms with Crippen molar-refractivity contribution in [2.24, 2.45) is 4.99 Å². The molecule has 8 nitrogen and oxygen atoms in total. The zero-order valence-corrected chi connectivity index (χ0v) is 21.5. The second kappa shape index (κ2) is 11.5. The maximum atomic E-state index is 12.2. The average Bonchev–Trinajstić information content (AvgIpc) is 3.47. The van der Waals surface area contributed by atoms with Crippen molar-refractivity contribution in [3.05, 3.63) is 41.2 Å². The van der Waals surface area contributed by atoms with Gasteiger partial charge in [-0.05, 0) is 50.2 Å². The van der Waals surface area contributed by atoms with Gasteiger partial charge in [-0.25, -0.2) is 12.7 Å². The molecule has 0 aliphatic carbocycles. The molecular formula is C19H30IN5O3S2. The number of guanidine groups is 1. The highest BCUT2D eigenvalue weighted by atomic mass is 127. The third kappa shape index (κ3) is 6.19. The number of nitrogens with zero attached hydrogens (tertiary/aromatic N) is 3. The summed E-state index contributed by atoms with van der Waals surface area (Å²) in [5, 5.41) is 6.64. The number of likely N-dealkylation sites (tertiary alicyclic amines) is 1. The molecule has 1 fully saturated rings. The second-order valence-corrected chi connectivity index (χ2v) is 10.6. The monoisotopic (exact) mass is 567 g/mol. The first kappa shape index (κ1) is 25.1. The Labute approximate surface area is 199 Å². The van der Waals surface area contributed by atoms with Crippen LogP contribution in [0.3, 0.4) is 0 Å². The highest BCUT2D eigenvalue weighted by Gasteiger charge is 2.25. The van der Waals surface area contributed by atoms with Gasteiger partial charge in [0.2, 0.25) is 0 Å². The molecule has 2 aromatic heterocycles. The molecule has 1 saturated heterocycles. The first-order chi connectivity index (χ1) is 13.9. The molecule has 0 amide bonds. The van der Waals surface area contributed by atoms with Gasteiger partial charge < -0.3 is 15.1 Å². The van der Waals surface area contributed by atoms with Crippen LogP contribution in [0.15, 0.2) is 44.1 Å². The highest BCUT2D eigenvalue weighted by Crippen LogP contribution is 2.25. The van der Waals surface area contributed by atoms with Crippen molar-refractivity contribution in [1.82, 2.24) is 19.8 Å². The summed E-state index contributed by atoms with van der Waals surface area (Å²) in [6, 6.07) is 7.57. The molecule has 0 radical (unpaired) electrons. The van der Waals surface area contributed by atoms with Crippen molar-refractivity contribution in [1.29, 1.82) is 0 Å². The zero-order valence-electron chi connectivity index (χ0n) is 17.5. The molecule has 2 aromatic rings. The van der Waals surface area contributed by atoms with E-state index in [1.54, 1.807) is 19.4 Å². The van der Waals surface area contributed by atoms with E-state index >= 15 is 0 Å². The smallest absolute Gasteiger partial charge is 0.252 e. The Morgan fingerprint density at radius 1 is 1.27 bits per heavy atom. The van der Waals surface area contributed by atoms with Gasteiger partial charge in [0, 0.05) is 32.6 Å². The van der Waals surface area contributed by atoms with Crippen LogP contribution in [0.5, 0.6) is 0 Å². The van der Waals surface area contributed by atoms with Gasteiger partial charge in [-0.2, -0.15) is 0 Å². The molecule has 0 aromatic carbocycles. The Morgan fingerprint density at radius 2 is 2.00 bits per heavy atom. The van der Waals surface area contributed by atoms with E-state index in [1.165, 1.54) is 42.6 Å². The first-order valence-corrected chi connectivity index (χ1v) is 11.9. The summed E-state index contributed by atoms with van der Waals surface area (Å²) in [6.45, 7) is 3.31. The number of hydrogen-bond donors (Lipinski definition) is 2. The van der Waals surface area contributed by atoms with Crippen LogP contribution in [-0.2, 0) is 16.6 Å². The lowest BCUT2D eigenvalue weighted by atomic mass is 10.2. The minimum atomic E-state index is -3.39. The molecule has 30 heavy (non-hydrogen) atoms. The van der Waals surface area contributed by atoms with E-state index in [1.807, 2.05) is 18.2 Å². The molecule has 0 bridgehead atoms. The van der Waals surface area contributed by atoms with E-state index in [0.717, 1.165) is 23.7 Å². The van der Waals surface area contributed by atoms with Crippen LogP contribution < -0.4 is 10.6 Å². The summed E-state index contributed by atoms with van der Waals surface area (Å²) in [4.78, 5) is 7.64. The summed E-state index contributed by atoms with van der Waals surface area (Å²) >= 11 is 1.27. The van der Waals surface area contributed by atoms with E-state index in [4.69, 9.17) is 4.42 Å². The van der Waals surface area contributed by atoms with E-state index in [2.05, 4.69) is 20.5 Å². The van der Waals surface area contributed by atoms with Gasteiger partial charge in [0.15, 0.2) is 5.96 Å². The van der Waals surface area contributed by atoms with Crippen LogP contribution in [0.1, 0.15) is 29.5 Å². The summed E-state index contributed by atoms with van der Waals surface area (Å²) in [7, 11) is 1.40. The van der Waals surface area contributed by atoms with E-state index in [0.29, 0.717) is 23.3 Å². The molecule has 2 N–H and O–H groups in total. The Bertz CT molecular complexity index is 907. The fourth-order valence-corrected chi connectivity index (χ4v) is 5.76. The lowest BCUT2D eigenvalue weighted by molar-refractivity contribution is 0.215. The van der Waals surface area contributed by atoms with Crippen LogP contribution in [0.25, 0.3) is 0 Å². The van der Waals surface area contributed by atoms with Crippen LogP contribution in [0, 0.1) is 0 Å². The number of furan rings is 1. The van der Waals surface area contributed by atoms with Crippen LogP contribution in [-0.4, -0.2) is 64.4 Å². The fraction of sp³-hybridized carbons (Fsp3) is 0.526.